The number of carbonyl (C=O) groups excluding carboxylic acids is 1. The number of benzene rings is 1. The van der Waals surface area contributed by atoms with E-state index in [9.17, 15) is 4.79 Å². The van der Waals surface area contributed by atoms with Gasteiger partial charge in [0.15, 0.2) is 0 Å². The lowest BCUT2D eigenvalue weighted by molar-refractivity contribution is -0.125. The number of para-hydroxylation sites is 2. The van der Waals surface area contributed by atoms with Crippen LogP contribution in [0.2, 0.25) is 0 Å². The van der Waals surface area contributed by atoms with Gasteiger partial charge >= 0.3 is 0 Å². The third-order valence-electron chi connectivity index (χ3n) is 5.53. The molecule has 4 rings (SSSR count). The van der Waals surface area contributed by atoms with E-state index in [1.807, 2.05) is 18.2 Å². The molecule has 8 heteroatoms. The second-order valence-electron chi connectivity index (χ2n) is 7.54. The van der Waals surface area contributed by atoms with Crippen molar-refractivity contribution in [2.75, 3.05) is 38.3 Å². The van der Waals surface area contributed by atoms with Gasteiger partial charge in [0.2, 0.25) is 11.9 Å². The van der Waals surface area contributed by atoms with Gasteiger partial charge in [0.1, 0.15) is 5.82 Å². The maximum absolute atomic E-state index is 12.8. The molecule has 1 aromatic carbocycles. The number of fused-ring (bicyclic) bond motifs is 1. The highest BCUT2D eigenvalue weighted by Gasteiger charge is 2.26. The third-order valence-corrected chi connectivity index (χ3v) is 5.53. The van der Waals surface area contributed by atoms with E-state index in [0.29, 0.717) is 32.1 Å². The molecule has 158 valence electrons. The van der Waals surface area contributed by atoms with Crippen molar-refractivity contribution in [1.29, 1.82) is 0 Å². The Labute approximate surface area is 176 Å². The van der Waals surface area contributed by atoms with E-state index in [2.05, 4.69) is 30.8 Å². The first-order valence-electron chi connectivity index (χ1n) is 10.5. The Balaban J connectivity index is 1.35. The van der Waals surface area contributed by atoms with E-state index >= 15 is 0 Å². The fourth-order valence-electron chi connectivity index (χ4n) is 4.02. The van der Waals surface area contributed by atoms with Gasteiger partial charge < -0.3 is 19.5 Å². The molecule has 1 saturated heterocycles. The number of carbonyl (C=O) groups is 1. The number of anilines is 1. The summed E-state index contributed by atoms with van der Waals surface area (Å²) in [6, 6.07) is 9.90. The Bertz CT molecular complexity index is 974. The fourth-order valence-corrected chi connectivity index (χ4v) is 4.02. The summed E-state index contributed by atoms with van der Waals surface area (Å²) in [5.41, 5.74) is 2.07. The summed E-state index contributed by atoms with van der Waals surface area (Å²) in [4.78, 5) is 28.3. The summed E-state index contributed by atoms with van der Waals surface area (Å²) >= 11 is 0. The van der Waals surface area contributed by atoms with Gasteiger partial charge in [-0.25, -0.2) is 15.0 Å². The van der Waals surface area contributed by atoms with Gasteiger partial charge in [0, 0.05) is 52.1 Å². The molecular formula is C22H28N6O2. The van der Waals surface area contributed by atoms with Crippen LogP contribution >= 0.6 is 0 Å². The van der Waals surface area contributed by atoms with Crippen molar-refractivity contribution in [3.8, 4) is 0 Å². The fraction of sp³-hybridized carbons (Fsp3) is 0.455. The van der Waals surface area contributed by atoms with Crippen LogP contribution in [0.15, 0.2) is 42.7 Å². The van der Waals surface area contributed by atoms with E-state index in [1.165, 1.54) is 0 Å². The van der Waals surface area contributed by atoms with Gasteiger partial charge in [-0.05, 0) is 31.0 Å². The highest BCUT2D eigenvalue weighted by molar-refractivity contribution is 5.79. The number of hydrogen-bond acceptors (Lipinski definition) is 6. The molecule has 1 N–H and O–H groups in total. The van der Waals surface area contributed by atoms with Crippen molar-refractivity contribution in [1.82, 2.24) is 24.8 Å². The van der Waals surface area contributed by atoms with Crippen LogP contribution in [0.3, 0.4) is 0 Å². The van der Waals surface area contributed by atoms with Crippen LogP contribution in [0.4, 0.5) is 5.95 Å². The summed E-state index contributed by atoms with van der Waals surface area (Å²) in [7, 11) is 1.70. The Morgan fingerprint density at radius 1 is 1.23 bits per heavy atom. The Morgan fingerprint density at radius 2 is 2.07 bits per heavy atom. The highest BCUT2D eigenvalue weighted by Crippen LogP contribution is 2.20. The van der Waals surface area contributed by atoms with Gasteiger partial charge in [0.25, 0.3) is 0 Å². The molecule has 1 aliphatic heterocycles. The molecule has 3 aromatic rings. The van der Waals surface area contributed by atoms with Crippen LogP contribution in [0, 0.1) is 5.92 Å². The first-order valence-corrected chi connectivity index (χ1v) is 10.5. The molecule has 0 radical (unpaired) electrons. The number of nitrogens with zero attached hydrogens (tertiary/aromatic N) is 5. The van der Waals surface area contributed by atoms with Crippen molar-refractivity contribution in [2.24, 2.45) is 5.92 Å². The lowest BCUT2D eigenvalue weighted by atomic mass is 9.97. The van der Waals surface area contributed by atoms with E-state index in [4.69, 9.17) is 9.72 Å². The highest BCUT2D eigenvalue weighted by atomic mass is 16.5. The van der Waals surface area contributed by atoms with Crippen LogP contribution in [0.1, 0.15) is 18.7 Å². The zero-order chi connectivity index (χ0) is 20.8. The zero-order valence-electron chi connectivity index (χ0n) is 17.3. The predicted molar refractivity (Wildman–Crippen MR) is 115 cm³/mol. The summed E-state index contributed by atoms with van der Waals surface area (Å²) in [5.74, 6) is 1.71. The summed E-state index contributed by atoms with van der Waals surface area (Å²) < 4.78 is 7.44. The molecule has 3 heterocycles. The maximum atomic E-state index is 12.8. The van der Waals surface area contributed by atoms with Gasteiger partial charge in [-0.15, -0.1) is 0 Å². The topological polar surface area (TPSA) is 85.2 Å². The Hall–Kier alpha value is -3.00. The molecule has 1 fully saturated rings. The SMILES string of the molecule is COCCn1c(CCNC(=O)[C@@H]2CCCN(c3ncccn3)C2)nc2ccccc21. The first-order chi connectivity index (χ1) is 14.8. The van der Waals surface area contributed by atoms with E-state index in [-0.39, 0.29) is 11.8 Å². The average molecular weight is 409 g/mol. The molecule has 2 aromatic heterocycles. The first kappa shape index (κ1) is 20.3. The minimum atomic E-state index is -0.0464. The lowest BCUT2D eigenvalue weighted by Crippen LogP contribution is -2.44. The summed E-state index contributed by atoms with van der Waals surface area (Å²) in [6.07, 6.45) is 6.01. The lowest BCUT2D eigenvalue weighted by Gasteiger charge is -2.31. The van der Waals surface area contributed by atoms with E-state index in [1.54, 1.807) is 25.6 Å². The summed E-state index contributed by atoms with van der Waals surface area (Å²) in [6.45, 7) is 3.47. The quantitative estimate of drug-likeness (QED) is 0.614. The molecule has 1 aliphatic rings. The van der Waals surface area contributed by atoms with Gasteiger partial charge in [-0.2, -0.15) is 0 Å². The molecule has 30 heavy (non-hydrogen) atoms. The number of aromatic nitrogens is 4. The number of methoxy groups -OCH3 is 1. The van der Waals surface area contributed by atoms with Gasteiger partial charge in [-0.3, -0.25) is 4.79 Å². The van der Waals surface area contributed by atoms with Crippen LogP contribution in [0.5, 0.6) is 0 Å². The van der Waals surface area contributed by atoms with Crippen molar-refractivity contribution in [3.63, 3.8) is 0 Å². The second kappa shape index (κ2) is 9.67. The van der Waals surface area contributed by atoms with Gasteiger partial charge in [-0.1, -0.05) is 12.1 Å². The molecule has 0 saturated carbocycles. The number of imidazole rings is 1. The number of ether oxygens (including phenoxy) is 1. The molecule has 8 nitrogen and oxygen atoms in total. The molecule has 0 bridgehead atoms. The van der Waals surface area contributed by atoms with Crippen molar-refractivity contribution >= 4 is 22.9 Å². The molecule has 1 atom stereocenters. The molecule has 0 unspecified atom stereocenters. The third kappa shape index (κ3) is 4.59. The number of hydrogen-bond donors (Lipinski definition) is 1. The smallest absolute Gasteiger partial charge is 0.225 e. The number of nitrogens with one attached hydrogen (secondary N) is 1. The van der Waals surface area contributed by atoms with Crippen LogP contribution in [-0.4, -0.2) is 58.8 Å². The van der Waals surface area contributed by atoms with Crippen molar-refractivity contribution in [2.45, 2.75) is 25.8 Å². The summed E-state index contributed by atoms with van der Waals surface area (Å²) in [5, 5.41) is 3.11. The normalized spacial score (nSPS) is 16.7. The Kier molecular flexibility index (Phi) is 6.53. The van der Waals surface area contributed by atoms with Crippen LogP contribution in [0.25, 0.3) is 11.0 Å². The van der Waals surface area contributed by atoms with E-state index < -0.39 is 0 Å². The van der Waals surface area contributed by atoms with Gasteiger partial charge in [0.05, 0.1) is 23.6 Å². The zero-order valence-corrected chi connectivity index (χ0v) is 17.3. The number of amides is 1. The molecule has 1 amide bonds. The Morgan fingerprint density at radius 3 is 2.90 bits per heavy atom. The minimum absolute atomic E-state index is 0.0464. The monoisotopic (exact) mass is 408 g/mol. The molecular weight excluding hydrogens is 380 g/mol. The molecule has 0 aliphatic carbocycles. The largest absolute Gasteiger partial charge is 0.383 e. The van der Waals surface area contributed by atoms with Crippen molar-refractivity contribution < 1.29 is 9.53 Å². The maximum Gasteiger partial charge on any atom is 0.225 e. The predicted octanol–water partition coefficient (Wildman–Crippen LogP) is 2.05. The van der Waals surface area contributed by atoms with Crippen LogP contribution < -0.4 is 10.2 Å². The minimum Gasteiger partial charge on any atom is -0.383 e. The standard InChI is InChI=1S/C22H28N6O2/c1-30-15-14-28-19-8-3-2-7-18(19)26-20(28)9-12-23-21(29)17-6-4-13-27(16-17)22-24-10-5-11-25-22/h2-3,5,7-8,10-11,17H,4,6,9,12-16H2,1H3,(H,23,29)/t17-/m1/s1. The second-order valence-corrected chi connectivity index (χ2v) is 7.54. The van der Waals surface area contributed by atoms with E-state index in [0.717, 1.165) is 42.8 Å². The molecule has 0 spiro atoms. The average Bonchev–Trinajstić information content (AvgIpc) is 3.15. The van der Waals surface area contributed by atoms with Crippen LogP contribution in [-0.2, 0) is 22.5 Å². The van der Waals surface area contributed by atoms with Crippen molar-refractivity contribution in [3.05, 3.63) is 48.5 Å². The number of piperidine rings is 1. The number of rotatable bonds is 8.